The van der Waals surface area contributed by atoms with Crippen LogP contribution in [0.3, 0.4) is 0 Å². The highest BCUT2D eigenvalue weighted by molar-refractivity contribution is 5.77. The van der Waals surface area contributed by atoms with Crippen molar-refractivity contribution in [2.24, 2.45) is 0 Å². The van der Waals surface area contributed by atoms with Gasteiger partial charge in [0, 0.05) is 39.1 Å². The number of likely N-dealkylation sites (tertiary alicyclic amines) is 1. The highest BCUT2D eigenvalue weighted by Crippen LogP contribution is 2.07. The lowest BCUT2D eigenvalue weighted by Crippen LogP contribution is -2.35. The molecule has 0 bridgehead atoms. The van der Waals surface area contributed by atoms with Crippen molar-refractivity contribution < 1.29 is 14.3 Å². The molecule has 0 aliphatic carbocycles. The standard InChI is InChI=1S/C6H13NO.C6H11NO.C5H11NO.2CH4/c1-2-7-3-5-8-6-4-7;1-2-7-5-3-4-6(7)8;1-2-6-3-4-7-5-6;;/h2-6H2,1H3;2-5H2,1H3;2-5H2,1H3;2*1H4. The van der Waals surface area contributed by atoms with Crippen LogP contribution in [-0.4, -0.2) is 93.0 Å². The molecule has 0 atom stereocenters. The molecular formula is C19H43N3O3. The number of hydrogen-bond acceptors (Lipinski definition) is 5. The Hall–Kier alpha value is -0.690. The molecule has 6 nitrogen and oxygen atoms in total. The minimum Gasteiger partial charge on any atom is -0.379 e. The van der Waals surface area contributed by atoms with Crippen molar-refractivity contribution in [2.75, 3.05) is 72.4 Å². The first-order chi connectivity index (χ1) is 11.2. The third-order valence-corrected chi connectivity index (χ3v) is 4.38. The number of amides is 1. The van der Waals surface area contributed by atoms with Crippen LogP contribution in [0, 0.1) is 0 Å². The van der Waals surface area contributed by atoms with Gasteiger partial charge in [0.1, 0.15) is 0 Å². The summed E-state index contributed by atoms with van der Waals surface area (Å²) in [6.45, 7) is 17.5. The Bertz CT molecular complexity index is 304. The van der Waals surface area contributed by atoms with Crippen LogP contribution < -0.4 is 0 Å². The van der Waals surface area contributed by atoms with Crippen LogP contribution >= 0.6 is 0 Å². The summed E-state index contributed by atoms with van der Waals surface area (Å²) in [7, 11) is 0. The number of carbonyl (C=O) groups excluding carboxylic acids is 1. The molecule has 0 aromatic rings. The van der Waals surface area contributed by atoms with Crippen molar-refractivity contribution in [2.45, 2.75) is 48.5 Å². The quantitative estimate of drug-likeness (QED) is 0.773. The fourth-order valence-corrected chi connectivity index (χ4v) is 2.66. The van der Waals surface area contributed by atoms with E-state index >= 15 is 0 Å². The number of ether oxygens (including phenoxy) is 2. The summed E-state index contributed by atoms with van der Waals surface area (Å²) in [5.74, 6) is 0.326. The van der Waals surface area contributed by atoms with Crippen molar-refractivity contribution in [1.29, 1.82) is 0 Å². The van der Waals surface area contributed by atoms with Gasteiger partial charge in [-0.2, -0.15) is 0 Å². The fourth-order valence-electron chi connectivity index (χ4n) is 2.66. The smallest absolute Gasteiger partial charge is 0.222 e. The molecule has 0 aromatic carbocycles. The fraction of sp³-hybridized carbons (Fsp3) is 0.947. The van der Waals surface area contributed by atoms with E-state index < -0.39 is 0 Å². The molecule has 152 valence electrons. The number of nitrogens with zero attached hydrogens (tertiary/aromatic N) is 3. The second-order valence-electron chi connectivity index (χ2n) is 5.87. The van der Waals surface area contributed by atoms with Gasteiger partial charge in [-0.1, -0.05) is 28.7 Å². The van der Waals surface area contributed by atoms with E-state index in [4.69, 9.17) is 9.47 Å². The molecule has 25 heavy (non-hydrogen) atoms. The normalized spacial score (nSPS) is 20.6. The van der Waals surface area contributed by atoms with Crippen LogP contribution in [0.5, 0.6) is 0 Å². The Balaban J connectivity index is 0. The molecule has 3 aliphatic rings. The third kappa shape index (κ3) is 11.5. The van der Waals surface area contributed by atoms with E-state index in [9.17, 15) is 4.79 Å². The number of morpholine rings is 1. The Kier molecular flexibility index (Phi) is 17.8. The van der Waals surface area contributed by atoms with Crippen molar-refractivity contribution in [3.05, 3.63) is 0 Å². The monoisotopic (exact) mass is 361 g/mol. The number of likely N-dealkylation sites (N-methyl/N-ethyl adjacent to an activating group) is 2. The van der Waals surface area contributed by atoms with Crippen LogP contribution in [0.4, 0.5) is 0 Å². The SMILES string of the molecule is C.C.CCN1CCCC1=O.CCN1CCOC1.CCN1CCOCC1. The van der Waals surface area contributed by atoms with Crippen LogP contribution in [0.15, 0.2) is 0 Å². The van der Waals surface area contributed by atoms with Gasteiger partial charge in [-0.15, -0.1) is 0 Å². The summed E-state index contributed by atoms with van der Waals surface area (Å²) in [5, 5.41) is 0. The van der Waals surface area contributed by atoms with E-state index in [-0.39, 0.29) is 14.9 Å². The van der Waals surface area contributed by atoms with Gasteiger partial charge in [-0.25, -0.2) is 0 Å². The van der Waals surface area contributed by atoms with Crippen LogP contribution in [0.2, 0.25) is 0 Å². The van der Waals surface area contributed by atoms with Crippen LogP contribution in [0.1, 0.15) is 48.5 Å². The average molecular weight is 362 g/mol. The van der Waals surface area contributed by atoms with E-state index in [2.05, 4.69) is 23.6 Å². The number of rotatable bonds is 3. The van der Waals surface area contributed by atoms with Gasteiger partial charge in [0.15, 0.2) is 0 Å². The largest absolute Gasteiger partial charge is 0.379 e. The first kappa shape index (κ1) is 26.5. The zero-order chi connectivity index (χ0) is 16.9. The van der Waals surface area contributed by atoms with Gasteiger partial charge in [-0.3, -0.25) is 14.6 Å². The maximum Gasteiger partial charge on any atom is 0.222 e. The summed E-state index contributed by atoms with van der Waals surface area (Å²) in [4.78, 5) is 17.3. The molecule has 0 N–H and O–H groups in total. The first-order valence-electron chi connectivity index (χ1n) is 9.09. The van der Waals surface area contributed by atoms with E-state index in [1.807, 2.05) is 11.8 Å². The Morgan fingerprint density at radius 1 is 0.800 bits per heavy atom. The Labute approximate surface area is 156 Å². The van der Waals surface area contributed by atoms with Crippen molar-refractivity contribution >= 4 is 5.91 Å². The molecule has 3 saturated heterocycles. The Morgan fingerprint density at radius 3 is 1.64 bits per heavy atom. The second-order valence-corrected chi connectivity index (χ2v) is 5.87. The zero-order valence-electron chi connectivity index (χ0n) is 15.3. The van der Waals surface area contributed by atoms with Crippen molar-refractivity contribution in [1.82, 2.24) is 14.7 Å². The van der Waals surface area contributed by atoms with Crippen LogP contribution in [-0.2, 0) is 14.3 Å². The van der Waals surface area contributed by atoms with Gasteiger partial charge < -0.3 is 14.4 Å². The lowest BCUT2D eigenvalue weighted by molar-refractivity contribution is -0.127. The summed E-state index contributed by atoms with van der Waals surface area (Å²) in [6, 6.07) is 0. The number of carbonyl (C=O) groups is 1. The summed E-state index contributed by atoms with van der Waals surface area (Å²) in [5.41, 5.74) is 0. The molecule has 0 saturated carbocycles. The van der Waals surface area contributed by atoms with Gasteiger partial charge in [0.05, 0.1) is 26.6 Å². The molecule has 0 spiro atoms. The minimum atomic E-state index is 0. The molecule has 0 aromatic heterocycles. The molecule has 3 fully saturated rings. The lowest BCUT2D eigenvalue weighted by atomic mass is 10.4. The molecule has 0 radical (unpaired) electrons. The molecule has 0 unspecified atom stereocenters. The maximum atomic E-state index is 10.7. The lowest BCUT2D eigenvalue weighted by Gasteiger charge is -2.24. The molecule has 6 heteroatoms. The first-order valence-corrected chi connectivity index (χ1v) is 9.09. The topological polar surface area (TPSA) is 45.2 Å². The van der Waals surface area contributed by atoms with E-state index in [0.717, 1.165) is 78.7 Å². The van der Waals surface area contributed by atoms with Crippen molar-refractivity contribution in [3.63, 3.8) is 0 Å². The van der Waals surface area contributed by atoms with E-state index in [1.54, 1.807) is 0 Å². The molecule has 1 amide bonds. The average Bonchev–Trinajstić information content (AvgIpc) is 3.27. The van der Waals surface area contributed by atoms with E-state index in [1.165, 1.54) is 6.54 Å². The molecule has 3 heterocycles. The highest BCUT2D eigenvalue weighted by atomic mass is 16.5. The highest BCUT2D eigenvalue weighted by Gasteiger charge is 2.17. The van der Waals surface area contributed by atoms with Gasteiger partial charge >= 0.3 is 0 Å². The van der Waals surface area contributed by atoms with Gasteiger partial charge in [-0.05, 0) is 26.4 Å². The predicted octanol–water partition coefficient (Wildman–Crippen LogP) is 2.54. The molecule has 3 aliphatic heterocycles. The molecular weight excluding hydrogens is 318 g/mol. The van der Waals surface area contributed by atoms with E-state index in [0.29, 0.717) is 5.91 Å². The zero-order valence-corrected chi connectivity index (χ0v) is 15.3. The Morgan fingerprint density at radius 2 is 1.36 bits per heavy atom. The van der Waals surface area contributed by atoms with Crippen LogP contribution in [0.25, 0.3) is 0 Å². The second kappa shape index (κ2) is 16.8. The summed E-state index contributed by atoms with van der Waals surface area (Å²) in [6.07, 6.45) is 1.83. The van der Waals surface area contributed by atoms with Gasteiger partial charge in [0.25, 0.3) is 0 Å². The summed E-state index contributed by atoms with van der Waals surface area (Å²) < 4.78 is 10.2. The van der Waals surface area contributed by atoms with Gasteiger partial charge in [0.2, 0.25) is 5.91 Å². The maximum absolute atomic E-state index is 10.7. The predicted molar refractivity (Wildman–Crippen MR) is 106 cm³/mol. The molecule has 3 rings (SSSR count). The number of hydrogen-bond donors (Lipinski definition) is 0. The minimum absolute atomic E-state index is 0. The van der Waals surface area contributed by atoms with Crippen molar-refractivity contribution in [3.8, 4) is 0 Å². The summed E-state index contributed by atoms with van der Waals surface area (Å²) >= 11 is 0. The third-order valence-electron chi connectivity index (χ3n) is 4.38.